The van der Waals surface area contributed by atoms with E-state index in [4.69, 9.17) is 21.1 Å². The summed E-state index contributed by atoms with van der Waals surface area (Å²) in [6.07, 6.45) is 0.682. The van der Waals surface area contributed by atoms with Gasteiger partial charge in [0.15, 0.2) is 5.78 Å². The van der Waals surface area contributed by atoms with E-state index >= 15 is 0 Å². The van der Waals surface area contributed by atoms with E-state index in [1.165, 1.54) is 23.1 Å². The molecule has 1 aliphatic heterocycles. The first-order chi connectivity index (χ1) is 18.3. The Bertz CT molecular complexity index is 1460. The molecule has 7 nitrogen and oxygen atoms in total. The van der Waals surface area contributed by atoms with Gasteiger partial charge in [-0.25, -0.2) is 4.79 Å². The van der Waals surface area contributed by atoms with E-state index in [9.17, 15) is 19.5 Å². The monoisotopic (exact) mass is 531 g/mol. The number of halogens is 1. The highest BCUT2D eigenvalue weighted by molar-refractivity contribution is 6.34. The lowest BCUT2D eigenvalue weighted by atomic mass is 9.72. The van der Waals surface area contributed by atoms with E-state index in [-0.39, 0.29) is 46.7 Å². The first-order valence-electron chi connectivity index (χ1n) is 12.2. The van der Waals surface area contributed by atoms with Gasteiger partial charge in [0, 0.05) is 35.6 Å². The van der Waals surface area contributed by atoms with Crippen molar-refractivity contribution in [3.8, 4) is 11.5 Å². The smallest absolute Gasteiger partial charge is 0.335 e. The van der Waals surface area contributed by atoms with Crippen molar-refractivity contribution in [2.24, 2.45) is 0 Å². The molecular formula is C30H26ClNO6. The first kappa shape index (κ1) is 25.5. The molecule has 3 aromatic carbocycles. The summed E-state index contributed by atoms with van der Waals surface area (Å²) in [5.41, 5.74) is 2.97. The molecule has 2 atom stereocenters. The predicted octanol–water partition coefficient (Wildman–Crippen LogP) is 5.98. The summed E-state index contributed by atoms with van der Waals surface area (Å²) >= 11 is 6.53. The number of nitrogens with zero attached hydrogens (tertiary/aromatic N) is 1. The van der Waals surface area contributed by atoms with Crippen LogP contribution in [-0.2, 0) is 9.59 Å². The van der Waals surface area contributed by atoms with Crippen LogP contribution < -0.4 is 14.4 Å². The van der Waals surface area contributed by atoms with Crippen LogP contribution in [0, 0.1) is 0 Å². The standard InChI is InChI=1S/C30H26ClNO6/c1-37-20-9-11-27(38-2)21(15-20)22-16-28(34)32(24-12-18(30(35)36)8-10-23(24)31)25-13-19(14-26(33)29(22)25)17-6-4-3-5-7-17/h3-12,15,19,22H,13-14,16H2,1-2H3,(H,35,36). The molecule has 2 aliphatic rings. The number of aromatic carboxylic acids is 1. The fraction of sp³-hybridized carbons (Fsp3) is 0.233. The molecule has 2 unspecified atom stereocenters. The number of benzene rings is 3. The Kier molecular flexibility index (Phi) is 6.95. The first-order valence-corrected chi connectivity index (χ1v) is 12.6. The Balaban J connectivity index is 1.72. The summed E-state index contributed by atoms with van der Waals surface area (Å²) < 4.78 is 11.0. The predicted molar refractivity (Wildman–Crippen MR) is 143 cm³/mol. The van der Waals surface area contributed by atoms with Crippen molar-refractivity contribution in [1.82, 2.24) is 0 Å². The summed E-state index contributed by atoms with van der Waals surface area (Å²) in [5.74, 6) is -1.06. The van der Waals surface area contributed by atoms with Crippen molar-refractivity contribution < 1.29 is 29.0 Å². The third-order valence-corrected chi connectivity index (χ3v) is 7.57. The third-order valence-electron chi connectivity index (χ3n) is 7.25. The average Bonchev–Trinajstić information content (AvgIpc) is 2.93. The average molecular weight is 532 g/mol. The highest BCUT2D eigenvalue weighted by atomic mass is 35.5. The van der Waals surface area contributed by atoms with Gasteiger partial charge < -0.3 is 14.6 Å². The Morgan fingerprint density at radius 1 is 0.947 bits per heavy atom. The number of rotatable bonds is 6. The Morgan fingerprint density at radius 2 is 1.71 bits per heavy atom. The van der Waals surface area contributed by atoms with Gasteiger partial charge in [0.1, 0.15) is 11.5 Å². The number of allylic oxidation sites excluding steroid dienone is 2. The Labute approximate surface area is 225 Å². The van der Waals surface area contributed by atoms with Crippen LogP contribution >= 0.6 is 11.6 Å². The van der Waals surface area contributed by atoms with Gasteiger partial charge >= 0.3 is 5.97 Å². The van der Waals surface area contributed by atoms with Crippen LogP contribution in [0.25, 0.3) is 0 Å². The Hall–Kier alpha value is -4.10. The largest absolute Gasteiger partial charge is 0.497 e. The molecule has 0 saturated heterocycles. The van der Waals surface area contributed by atoms with Gasteiger partial charge in [-0.3, -0.25) is 14.5 Å². The number of ketones is 1. The van der Waals surface area contributed by atoms with Gasteiger partial charge in [0.05, 0.1) is 30.5 Å². The van der Waals surface area contributed by atoms with Crippen molar-refractivity contribution in [1.29, 1.82) is 0 Å². The number of carbonyl (C=O) groups is 3. The number of Topliss-reactive ketones (excluding diaryl/α,β-unsaturated/α-hetero) is 1. The van der Waals surface area contributed by atoms with Crippen LogP contribution in [0.2, 0.25) is 5.02 Å². The van der Waals surface area contributed by atoms with Crippen molar-refractivity contribution >= 4 is 34.9 Å². The van der Waals surface area contributed by atoms with Crippen LogP contribution in [0.4, 0.5) is 5.69 Å². The van der Waals surface area contributed by atoms with E-state index in [2.05, 4.69) is 0 Å². The highest BCUT2D eigenvalue weighted by Gasteiger charge is 2.44. The summed E-state index contributed by atoms with van der Waals surface area (Å²) in [5, 5.41) is 9.81. The number of carbonyl (C=O) groups excluding carboxylic acids is 2. The minimum atomic E-state index is -1.14. The third kappa shape index (κ3) is 4.54. The van der Waals surface area contributed by atoms with Gasteiger partial charge in [-0.2, -0.15) is 0 Å². The molecule has 1 N–H and O–H groups in total. The second kappa shape index (κ2) is 10.3. The SMILES string of the molecule is COc1ccc(OC)c(C2CC(=O)N(c3cc(C(=O)O)ccc3Cl)C3=C2C(=O)CC(c2ccccc2)C3)c1. The van der Waals surface area contributed by atoms with Crippen LogP contribution in [0.5, 0.6) is 11.5 Å². The molecule has 0 saturated carbocycles. The maximum atomic E-state index is 13.9. The zero-order chi connectivity index (χ0) is 27.0. The van der Waals surface area contributed by atoms with E-state index in [0.717, 1.165) is 5.56 Å². The van der Waals surface area contributed by atoms with Crippen LogP contribution in [-0.4, -0.2) is 37.0 Å². The van der Waals surface area contributed by atoms with Gasteiger partial charge in [-0.1, -0.05) is 41.9 Å². The van der Waals surface area contributed by atoms with Gasteiger partial charge in [0.2, 0.25) is 5.91 Å². The topological polar surface area (TPSA) is 93.1 Å². The molecule has 0 radical (unpaired) electrons. The molecule has 8 heteroatoms. The number of amides is 1. The van der Waals surface area contributed by atoms with Gasteiger partial charge in [-0.05, 0) is 54.3 Å². The minimum Gasteiger partial charge on any atom is -0.497 e. The van der Waals surface area contributed by atoms with E-state index < -0.39 is 11.9 Å². The summed E-state index contributed by atoms with van der Waals surface area (Å²) in [7, 11) is 3.10. The second-order valence-corrected chi connectivity index (χ2v) is 9.77. The quantitative estimate of drug-likeness (QED) is 0.421. The van der Waals surface area contributed by atoms with E-state index in [1.54, 1.807) is 32.4 Å². The van der Waals surface area contributed by atoms with Crippen molar-refractivity contribution in [2.45, 2.75) is 31.1 Å². The fourth-order valence-corrected chi connectivity index (χ4v) is 5.67. The second-order valence-electron chi connectivity index (χ2n) is 9.36. The number of carboxylic acid groups (broad SMARTS) is 1. The molecule has 38 heavy (non-hydrogen) atoms. The molecule has 3 aromatic rings. The zero-order valence-electron chi connectivity index (χ0n) is 20.9. The normalized spacial score (nSPS) is 19.3. The molecule has 1 amide bonds. The highest BCUT2D eigenvalue weighted by Crippen LogP contribution is 2.49. The molecule has 5 rings (SSSR count). The van der Waals surface area contributed by atoms with E-state index in [1.807, 2.05) is 30.3 Å². The van der Waals surface area contributed by atoms with Crippen LogP contribution in [0.1, 0.15) is 52.6 Å². The van der Waals surface area contributed by atoms with Gasteiger partial charge in [0.25, 0.3) is 0 Å². The molecular weight excluding hydrogens is 506 g/mol. The van der Waals surface area contributed by atoms with Crippen molar-refractivity contribution in [2.75, 3.05) is 19.1 Å². The van der Waals surface area contributed by atoms with Gasteiger partial charge in [-0.15, -0.1) is 0 Å². The lowest BCUT2D eigenvalue weighted by Gasteiger charge is -2.41. The number of methoxy groups -OCH3 is 2. The van der Waals surface area contributed by atoms with Crippen molar-refractivity contribution in [3.05, 3.63) is 99.7 Å². The number of ether oxygens (including phenoxy) is 2. The van der Waals surface area contributed by atoms with Crippen molar-refractivity contribution in [3.63, 3.8) is 0 Å². The van der Waals surface area contributed by atoms with E-state index in [0.29, 0.717) is 34.8 Å². The molecule has 1 aliphatic carbocycles. The lowest BCUT2D eigenvalue weighted by Crippen LogP contribution is -2.42. The number of hydrogen-bond donors (Lipinski definition) is 1. The Morgan fingerprint density at radius 3 is 2.39 bits per heavy atom. The number of hydrogen-bond acceptors (Lipinski definition) is 5. The maximum Gasteiger partial charge on any atom is 0.335 e. The summed E-state index contributed by atoms with van der Waals surface area (Å²) in [6, 6.07) is 19.3. The molecule has 194 valence electrons. The molecule has 0 aromatic heterocycles. The molecule has 0 spiro atoms. The molecule has 0 bridgehead atoms. The minimum absolute atomic E-state index is 0.00214. The fourth-order valence-electron chi connectivity index (χ4n) is 5.47. The van der Waals surface area contributed by atoms with Crippen LogP contribution in [0.15, 0.2) is 78.0 Å². The summed E-state index contributed by atoms with van der Waals surface area (Å²) in [6.45, 7) is 0. The number of carboxylic acids is 1. The lowest BCUT2D eigenvalue weighted by molar-refractivity contribution is -0.120. The molecule has 0 fully saturated rings. The number of anilines is 1. The maximum absolute atomic E-state index is 13.9. The van der Waals surface area contributed by atoms with Crippen LogP contribution in [0.3, 0.4) is 0 Å². The molecule has 1 heterocycles. The zero-order valence-corrected chi connectivity index (χ0v) is 21.7. The summed E-state index contributed by atoms with van der Waals surface area (Å²) in [4.78, 5) is 40.9.